The third kappa shape index (κ3) is 4.83. The van der Waals surface area contributed by atoms with E-state index in [9.17, 15) is 4.79 Å². The highest BCUT2D eigenvalue weighted by Crippen LogP contribution is 2.08. The van der Waals surface area contributed by atoms with E-state index in [1.807, 2.05) is 13.0 Å². The topological polar surface area (TPSA) is 78.9 Å². The smallest absolute Gasteiger partial charge is 0.239 e. The molecule has 4 heteroatoms. The quantitative estimate of drug-likeness (QED) is 0.621. The van der Waals surface area contributed by atoms with Gasteiger partial charge in [-0.15, -0.1) is 0 Å². The fourth-order valence-corrected chi connectivity index (χ4v) is 1.20. The van der Waals surface area contributed by atoms with Crippen molar-refractivity contribution < 1.29 is 4.79 Å². The largest absolute Gasteiger partial charge is 0.354 e. The molecule has 0 heterocycles. The molecule has 0 aliphatic heterocycles. The van der Waals surface area contributed by atoms with Gasteiger partial charge in [0.2, 0.25) is 5.91 Å². The monoisotopic (exact) mass is 197 g/mol. The zero-order valence-electron chi connectivity index (χ0n) is 8.97. The molecular formula is C10H19N3O. The summed E-state index contributed by atoms with van der Waals surface area (Å²) in [4.78, 5) is 11.5. The van der Waals surface area contributed by atoms with Gasteiger partial charge in [0, 0.05) is 13.0 Å². The number of carbonyl (C=O) groups is 1. The van der Waals surface area contributed by atoms with Gasteiger partial charge in [0.05, 0.1) is 11.6 Å². The third-order valence-corrected chi connectivity index (χ3v) is 2.04. The van der Waals surface area contributed by atoms with E-state index in [-0.39, 0.29) is 5.91 Å². The van der Waals surface area contributed by atoms with Gasteiger partial charge in [-0.05, 0) is 19.8 Å². The Balaban J connectivity index is 3.78. The molecule has 1 unspecified atom stereocenters. The summed E-state index contributed by atoms with van der Waals surface area (Å²) in [5.41, 5.74) is 5.03. The van der Waals surface area contributed by atoms with Gasteiger partial charge in [-0.1, -0.05) is 13.3 Å². The minimum absolute atomic E-state index is 0.128. The van der Waals surface area contributed by atoms with Crippen molar-refractivity contribution in [3.8, 4) is 6.07 Å². The maximum atomic E-state index is 11.5. The van der Waals surface area contributed by atoms with Crippen LogP contribution in [0.2, 0.25) is 0 Å². The van der Waals surface area contributed by atoms with Crippen LogP contribution < -0.4 is 11.1 Å². The van der Waals surface area contributed by atoms with Crippen molar-refractivity contribution in [2.24, 2.45) is 5.73 Å². The summed E-state index contributed by atoms with van der Waals surface area (Å²) in [7, 11) is 0. The first-order valence-corrected chi connectivity index (χ1v) is 4.98. The number of nitrogens with two attached hydrogens (primary N) is 1. The molecule has 0 rings (SSSR count). The lowest BCUT2D eigenvalue weighted by atomic mass is 9.96. The lowest BCUT2D eigenvalue weighted by molar-refractivity contribution is -0.126. The number of unbranched alkanes of at least 4 members (excludes halogenated alkanes) is 1. The number of hydrogen-bond donors (Lipinski definition) is 2. The summed E-state index contributed by atoms with van der Waals surface area (Å²) in [6, 6.07) is 2.02. The molecule has 0 saturated carbocycles. The molecule has 0 fully saturated rings. The van der Waals surface area contributed by atoms with Crippen LogP contribution in [-0.2, 0) is 4.79 Å². The second kappa shape index (κ2) is 6.39. The van der Waals surface area contributed by atoms with E-state index >= 15 is 0 Å². The minimum atomic E-state index is -0.776. The fraction of sp³-hybridized carbons (Fsp3) is 0.800. The van der Waals surface area contributed by atoms with Crippen LogP contribution in [0, 0.1) is 11.3 Å². The van der Waals surface area contributed by atoms with Gasteiger partial charge in [-0.2, -0.15) is 5.26 Å². The molecule has 80 valence electrons. The Morgan fingerprint density at radius 3 is 2.79 bits per heavy atom. The molecule has 0 aromatic carbocycles. The van der Waals surface area contributed by atoms with E-state index in [4.69, 9.17) is 11.0 Å². The lowest BCUT2D eigenvalue weighted by Gasteiger charge is -2.22. The van der Waals surface area contributed by atoms with Crippen molar-refractivity contribution in [1.82, 2.24) is 5.32 Å². The van der Waals surface area contributed by atoms with Crippen LogP contribution in [0.4, 0.5) is 0 Å². The van der Waals surface area contributed by atoms with Crippen LogP contribution in [-0.4, -0.2) is 18.0 Å². The number of carbonyl (C=O) groups excluding carboxylic acids is 1. The minimum Gasteiger partial charge on any atom is -0.354 e. The van der Waals surface area contributed by atoms with Crippen LogP contribution in [0.25, 0.3) is 0 Å². The molecule has 1 atom stereocenters. The molecule has 4 nitrogen and oxygen atoms in total. The third-order valence-electron chi connectivity index (χ3n) is 2.04. The number of rotatable bonds is 6. The predicted molar refractivity (Wildman–Crippen MR) is 55.4 cm³/mol. The van der Waals surface area contributed by atoms with E-state index < -0.39 is 5.54 Å². The van der Waals surface area contributed by atoms with Crippen LogP contribution in [0.5, 0.6) is 0 Å². The highest BCUT2D eigenvalue weighted by atomic mass is 16.2. The van der Waals surface area contributed by atoms with Crippen LogP contribution >= 0.6 is 0 Å². The molecule has 1 amide bonds. The van der Waals surface area contributed by atoms with Crippen molar-refractivity contribution in [3.05, 3.63) is 0 Å². The Morgan fingerprint density at radius 1 is 1.64 bits per heavy atom. The molecule has 0 aliphatic carbocycles. The van der Waals surface area contributed by atoms with Crippen molar-refractivity contribution >= 4 is 5.91 Å². The first-order chi connectivity index (χ1) is 6.54. The summed E-state index contributed by atoms with van der Waals surface area (Å²) in [5.74, 6) is -0.128. The zero-order valence-corrected chi connectivity index (χ0v) is 8.97. The second-order valence-electron chi connectivity index (χ2n) is 3.69. The molecule has 0 radical (unpaired) electrons. The number of hydrogen-bond acceptors (Lipinski definition) is 3. The van der Waals surface area contributed by atoms with Crippen LogP contribution in [0.15, 0.2) is 0 Å². The summed E-state index contributed by atoms with van der Waals surface area (Å²) in [5, 5.41) is 11.0. The Kier molecular flexibility index (Phi) is 5.89. The Bertz CT molecular complexity index is 218. The predicted octanol–water partition coefficient (Wildman–Crippen LogP) is 0.924. The van der Waals surface area contributed by atoms with Gasteiger partial charge in [0.25, 0.3) is 0 Å². The normalized spacial score (nSPS) is 14.1. The SMILES string of the molecule is CCCC(C)(N)C(=O)NCCCC#N. The van der Waals surface area contributed by atoms with Gasteiger partial charge in [-0.3, -0.25) is 4.79 Å². The molecule has 0 saturated heterocycles. The summed E-state index contributed by atoms with van der Waals surface area (Å²) >= 11 is 0. The molecule has 0 aromatic heterocycles. The molecule has 14 heavy (non-hydrogen) atoms. The number of nitrogens with zero attached hydrogens (tertiary/aromatic N) is 1. The zero-order chi connectivity index (χ0) is 11.0. The maximum absolute atomic E-state index is 11.5. The fourth-order valence-electron chi connectivity index (χ4n) is 1.20. The molecular weight excluding hydrogens is 178 g/mol. The van der Waals surface area contributed by atoms with Gasteiger partial charge in [-0.25, -0.2) is 0 Å². The highest BCUT2D eigenvalue weighted by molar-refractivity contribution is 5.85. The highest BCUT2D eigenvalue weighted by Gasteiger charge is 2.26. The van der Waals surface area contributed by atoms with Crippen molar-refractivity contribution in [2.75, 3.05) is 6.54 Å². The number of amides is 1. The molecule has 3 N–H and O–H groups in total. The Hall–Kier alpha value is -1.08. The standard InChI is InChI=1S/C10H19N3O/c1-3-6-10(2,12)9(14)13-8-5-4-7-11/h3-6,8,12H2,1-2H3,(H,13,14). The second-order valence-corrected chi connectivity index (χ2v) is 3.69. The lowest BCUT2D eigenvalue weighted by Crippen LogP contribution is -2.51. The van der Waals surface area contributed by atoms with E-state index in [0.29, 0.717) is 25.8 Å². The first-order valence-electron chi connectivity index (χ1n) is 4.98. The Morgan fingerprint density at radius 2 is 2.29 bits per heavy atom. The van der Waals surface area contributed by atoms with E-state index in [2.05, 4.69) is 5.32 Å². The maximum Gasteiger partial charge on any atom is 0.239 e. The number of nitrogens with one attached hydrogen (secondary N) is 1. The average Bonchev–Trinajstić information content (AvgIpc) is 2.12. The van der Waals surface area contributed by atoms with Gasteiger partial charge in [0.1, 0.15) is 0 Å². The van der Waals surface area contributed by atoms with Crippen molar-refractivity contribution in [1.29, 1.82) is 5.26 Å². The van der Waals surface area contributed by atoms with Crippen LogP contribution in [0.3, 0.4) is 0 Å². The van der Waals surface area contributed by atoms with E-state index in [1.54, 1.807) is 6.92 Å². The molecule has 0 aliphatic rings. The summed E-state index contributed by atoms with van der Waals surface area (Å²) < 4.78 is 0. The summed E-state index contributed by atoms with van der Waals surface area (Å²) in [6.45, 7) is 4.26. The van der Waals surface area contributed by atoms with Crippen molar-refractivity contribution in [2.45, 2.75) is 45.1 Å². The average molecular weight is 197 g/mol. The van der Waals surface area contributed by atoms with Gasteiger partial charge >= 0.3 is 0 Å². The summed E-state index contributed by atoms with van der Waals surface area (Å²) in [6.07, 6.45) is 2.72. The molecule has 0 spiro atoms. The van der Waals surface area contributed by atoms with Crippen LogP contribution in [0.1, 0.15) is 39.5 Å². The Labute approximate surface area is 85.5 Å². The van der Waals surface area contributed by atoms with E-state index in [0.717, 1.165) is 6.42 Å². The van der Waals surface area contributed by atoms with Gasteiger partial charge in [0.15, 0.2) is 0 Å². The molecule has 0 aromatic rings. The van der Waals surface area contributed by atoms with Crippen molar-refractivity contribution in [3.63, 3.8) is 0 Å². The first kappa shape index (κ1) is 12.9. The molecule has 0 bridgehead atoms. The van der Waals surface area contributed by atoms with Gasteiger partial charge < -0.3 is 11.1 Å². The van der Waals surface area contributed by atoms with E-state index in [1.165, 1.54) is 0 Å². The number of nitriles is 1.